The first-order valence-electron chi connectivity index (χ1n) is 8.65. The van der Waals surface area contributed by atoms with Crippen molar-refractivity contribution in [1.29, 1.82) is 0 Å². The molecule has 0 fully saturated rings. The molecule has 1 heterocycles. The Kier molecular flexibility index (Phi) is 5.72. The van der Waals surface area contributed by atoms with Gasteiger partial charge in [-0.15, -0.1) is 0 Å². The summed E-state index contributed by atoms with van der Waals surface area (Å²) in [5.41, 5.74) is 3.15. The number of hydrazone groups is 1. The molecule has 0 unspecified atom stereocenters. The van der Waals surface area contributed by atoms with Crippen LogP contribution >= 0.6 is 0 Å². The molecule has 2 aliphatic rings. The summed E-state index contributed by atoms with van der Waals surface area (Å²) in [7, 11) is 0. The van der Waals surface area contributed by atoms with E-state index in [1.54, 1.807) is 6.08 Å². The molecule has 28 heavy (non-hydrogen) atoms. The number of amidine groups is 1. The van der Waals surface area contributed by atoms with Crippen LogP contribution < -0.4 is 10.7 Å². The monoisotopic (exact) mass is 389 g/mol. The van der Waals surface area contributed by atoms with Crippen LogP contribution in [-0.2, 0) is 0 Å². The zero-order valence-corrected chi connectivity index (χ0v) is 15.3. The number of carbonyl (C=O) groups is 1. The number of halogens is 3. The van der Waals surface area contributed by atoms with Crippen molar-refractivity contribution in [2.75, 3.05) is 6.54 Å². The number of amides is 1. The van der Waals surface area contributed by atoms with Gasteiger partial charge in [-0.1, -0.05) is 19.9 Å². The number of nitrogens with zero attached hydrogens (tertiary/aromatic N) is 3. The average molecular weight is 389 g/mol. The molecule has 2 N–H and O–H groups in total. The third-order valence-electron chi connectivity index (χ3n) is 3.86. The second-order valence-corrected chi connectivity index (χ2v) is 6.58. The summed E-state index contributed by atoms with van der Waals surface area (Å²) in [6.45, 7) is 4.24. The predicted molar refractivity (Wildman–Crippen MR) is 101 cm³/mol. The van der Waals surface area contributed by atoms with Gasteiger partial charge in [0, 0.05) is 17.7 Å². The van der Waals surface area contributed by atoms with Gasteiger partial charge in [-0.05, 0) is 36.6 Å². The van der Waals surface area contributed by atoms with Crippen molar-refractivity contribution in [2.24, 2.45) is 21.0 Å². The number of guanidine groups is 1. The van der Waals surface area contributed by atoms with Gasteiger partial charge in [0.15, 0.2) is 17.5 Å². The van der Waals surface area contributed by atoms with Gasteiger partial charge in [-0.3, -0.25) is 20.5 Å². The van der Waals surface area contributed by atoms with Crippen molar-refractivity contribution in [2.45, 2.75) is 20.3 Å². The predicted octanol–water partition coefficient (Wildman–Crippen LogP) is 3.25. The third kappa shape index (κ3) is 4.36. The minimum Gasteiger partial charge on any atom is -0.291 e. The van der Waals surface area contributed by atoms with Crippen molar-refractivity contribution in [3.05, 3.63) is 58.9 Å². The second kappa shape index (κ2) is 8.20. The molecule has 0 spiro atoms. The summed E-state index contributed by atoms with van der Waals surface area (Å²) in [6.07, 6.45) is 3.53. The maximum atomic E-state index is 13.8. The van der Waals surface area contributed by atoms with Crippen molar-refractivity contribution in [3.8, 4) is 0 Å². The molecule has 146 valence electrons. The number of allylic oxidation sites excluding steroid dienone is 3. The molecule has 0 saturated carbocycles. The van der Waals surface area contributed by atoms with Gasteiger partial charge < -0.3 is 0 Å². The van der Waals surface area contributed by atoms with E-state index in [0.717, 1.165) is 18.2 Å². The normalized spacial score (nSPS) is 17.7. The quantitative estimate of drug-likeness (QED) is 0.615. The van der Waals surface area contributed by atoms with Crippen molar-refractivity contribution < 1.29 is 18.0 Å². The average Bonchev–Trinajstić information content (AvgIpc) is 3.06. The Morgan fingerprint density at radius 3 is 2.75 bits per heavy atom. The summed E-state index contributed by atoms with van der Waals surface area (Å²) in [6, 6.07) is 2.80. The van der Waals surface area contributed by atoms with Crippen LogP contribution in [0.2, 0.25) is 0 Å². The molecular formula is C19H18F3N5O. The lowest BCUT2D eigenvalue weighted by atomic mass is 10.0. The van der Waals surface area contributed by atoms with Gasteiger partial charge in [-0.25, -0.2) is 13.2 Å². The van der Waals surface area contributed by atoms with E-state index in [2.05, 4.69) is 25.8 Å². The lowest BCUT2D eigenvalue weighted by molar-refractivity contribution is 0.0976. The van der Waals surface area contributed by atoms with E-state index in [1.165, 1.54) is 6.08 Å². The largest absolute Gasteiger partial charge is 0.291 e. The van der Waals surface area contributed by atoms with E-state index in [9.17, 15) is 18.0 Å². The van der Waals surface area contributed by atoms with E-state index in [1.807, 2.05) is 13.8 Å². The topological polar surface area (TPSA) is 78.2 Å². The van der Waals surface area contributed by atoms with E-state index < -0.39 is 23.4 Å². The molecule has 0 bridgehead atoms. The van der Waals surface area contributed by atoms with Crippen molar-refractivity contribution >= 4 is 23.4 Å². The first-order chi connectivity index (χ1) is 13.3. The van der Waals surface area contributed by atoms with Crippen LogP contribution in [0.3, 0.4) is 0 Å². The minimum atomic E-state index is -1.13. The molecule has 1 aliphatic heterocycles. The molecule has 1 amide bonds. The van der Waals surface area contributed by atoms with Crippen molar-refractivity contribution in [3.63, 3.8) is 0 Å². The second-order valence-electron chi connectivity index (χ2n) is 6.58. The molecule has 1 aliphatic carbocycles. The highest BCUT2D eigenvalue weighted by Crippen LogP contribution is 2.21. The van der Waals surface area contributed by atoms with E-state index in [-0.39, 0.29) is 29.0 Å². The summed E-state index contributed by atoms with van der Waals surface area (Å²) in [4.78, 5) is 20.9. The molecule has 0 radical (unpaired) electrons. The van der Waals surface area contributed by atoms with Gasteiger partial charge in [0.1, 0.15) is 11.5 Å². The molecule has 1 aromatic carbocycles. The van der Waals surface area contributed by atoms with Gasteiger partial charge in [-0.2, -0.15) is 10.1 Å². The van der Waals surface area contributed by atoms with Crippen LogP contribution in [0.25, 0.3) is 0 Å². The Balaban J connectivity index is 1.84. The summed E-state index contributed by atoms with van der Waals surface area (Å²) >= 11 is 0. The highest BCUT2D eigenvalue weighted by molar-refractivity contribution is 6.33. The molecule has 0 aromatic heterocycles. The summed E-state index contributed by atoms with van der Waals surface area (Å²) in [5.74, 6) is -2.96. The Morgan fingerprint density at radius 1 is 1.25 bits per heavy atom. The number of rotatable bonds is 3. The fourth-order valence-electron chi connectivity index (χ4n) is 2.47. The van der Waals surface area contributed by atoms with Crippen LogP contribution in [0.5, 0.6) is 0 Å². The Hall–Kier alpha value is -3.23. The number of aliphatic imine (C=N–C) groups is 2. The summed E-state index contributed by atoms with van der Waals surface area (Å²) < 4.78 is 40.3. The number of hydrogen-bond donors (Lipinski definition) is 2. The van der Waals surface area contributed by atoms with Crippen LogP contribution in [-0.4, -0.2) is 30.0 Å². The van der Waals surface area contributed by atoms with Gasteiger partial charge in [0.05, 0.1) is 0 Å². The van der Waals surface area contributed by atoms with Crippen LogP contribution in [0.1, 0.15) is 30.6 Å². The van der Waals surface area contributed by atoms with Crippen molar-refractivity contribution in [1.82, 2.24) is 10.7 Å². The molecule has 0 atom stereocenters. The van der Waals surface area contributed by atoms with Gasteiger partial charge in [0.2, 0.25) is 5.96 Å². The first-order valence-corrected chi connectivity index (χ1v) is 8.65. The molecule has 0 saturated heterocycles. The molecule has 9 heteroatoms. The highest BCUT2D eigenvalue weighted by atomic mass is 19.2. The lowest BCUT2D eigenvalue weighted by Crippen LogP contribution is -2.32. The SMILES string of the molecule is CC(C)CN=C(N=C1NN=C2C(F)=CCC=C12)NC(=O)c1ccc(F)c(F)c1. The highest BCUT2D eigenvalue weighted by Gasteiger charge is 2.26. The third-order valence-corrected chi connectivity index (χ3v) is 3.86. The zero-order valence-electron chi connectivity index (χ0n) is 15.3. The number of benzene rings is 1. The number of fused-ring (bicyclic) bond motifs is 1. The van der Waals surface area contributed by atoms with Crippen LogP contribution in [0.4, 0.5) is 13.2 Å². The van der Waals surface area contributed by atoms with Gasteiger partial charge >= 0.3 is 0 Å². The summed E-state index contributed by atoms with van der Waals surface area (Å²) in [5, 5.41) is 6.37. The standard InChI is InChI=1S/C19H18F3N5O/c1-10(2)9-23-19(25-18(28)11-6-7-13(20)15(22)8-11)24-17-12-4-3-5-14(21)16(12)26-27-17/h4-8,10H,3,9H2,1-2H3,(H2,23,24,25,27,28). The maximum absolute atomic E-state index is 13.8. The molecular weight excluding hydrogens is 371 g/mol. The fourth-order valence-corrected chi connectivity index (χ4v) is 2.47. The zero-order chi connectivity index (χ0) is 20.3. The molecule has 6 nitrogen and oxygen atoms in total. The number of nitrogens with one attached hydrogen (secondary N) is 2. The van der Waals surface area contributed by atoms with E-state index in [4.69, 9.17) is 0 Å². The Morgan fingerprint density at radius 2 is 2.04 bits per heavy atom. The van der Waals surface area contributed by atoms with Crippen LogP contribution in [0.15, 0.2) is 56.8 Å². The minimum absolute atomic E-state index is 0.0433. The van der Waals surface area contributed by atoms with Crippen LogP contribution in [0, 0.1) is 17.6 Å². The van der Waals surface area contributed by atoms with E-state index in [0.29, 0.717) is 18.5 Å². The lowest BCUT2D eigenvalue weighted by Gasteiger charge is -2.09. The number of carbonyl (C=O) groups excluding carboxylic acids is 1. The Bertz CT molecular complexity index is 960. The smallest absolute Gasteiger partial charge is 0.258 e. The van der Waals surface area contributed by atoms with Gasteiger partial charge in [0.25, 0.3) is 5.91 Å². The number of hydrogen-bond acceptors (Lipinski definition) is 3. The molecule has 3 rings (SSSR count). The fraction of sp³-hybridized carbons (Fsp3) is 0.263. The maximum Gasteiger partial charge on any atom is 0.258 e. The first kappa shape index (κ1) is 19.5. The Labute approximate surface area is 159 Å². The van der Waals surface area contributed by atoms with E-state index >= 15 is 0 Å². The molecule has 1 aromatic rings.